The predicted octanol–water partition coefficient (Wildman–Crippen LogP) is 4.58. The lowest BCUT2D eigenvalue weighted by atomic mass is 10.0. The van der Waals surface area contributed by atoms with E-state index in [4.69, 9.17) is 0 Å². The highest BCUT2D eigenvalue weighted by molar-refractivity contribution is 7.92. The second-order valence-electron chi connectivity index (χ2n) is 8.26. The molecule has 182 valence electrons. The molecule has 0 atom stereocenters. The second kappa shape index (κ2) is 8.68. The number of rotatable bonds is 6. The van der Waals surface area contributed by atoms with Gasteiger partial charge in [-0.3, -0.25) is 14.2 Å². The van der Waals surface area contributed by atoms with E-state index in [1.54, 1.807) is 55.4 Å². The summed E-state index contributed by atoms with van der Waals surface area (Å²) in [6.45, 7) is 1.71. The molecule has 0 spiro atoms. The third kappa shape index (κ3) is 4.13. The molecule has 0 bridgehead atoms. The first-order valence-electron chi connectivity index (χ1n) is 10.7. The zero-order chi connectivity index (χ0) is 25.6. The average molecular weight is 508 g/mol. The van der Waals surface area contributed by atoms with Gasteiger partial charge in [-0.1, -0.05) is 12.1 Å². The lowest BCUT2D eigenvalue weighted by Crippen LogP contribution is -2.16. The topological polar surface area (TPSA) is 110 Å². The quantitative estimate of drug-likeness (QED) is 0.327. The van der Waals surface area contributed by atoms with Crippen LogP contribution in [0.15, 0.2) is 72.1 Å². The molecular weight excluding hydrogens is 488 g/mol. The van der Waals surface area contributed by atoms with Crippen molar-refractivity contribution in [3.8, 4) is 11.1 Å². The van der Waals surface area contributed by atoms with E-state index >= 15 is 4.39 Å². The minimum atomic E-state index is -4.18. The van der Waals surface area contributed by atoms with Gasteiger partial charge in [0.15, 0.2) is 5.82 Å². The van der Waals surface area contributed by atoms with Gasteiger partial charge in [0.05, 0.1) is 22.3 Å². The summed E-state index contributed by atoms with van der Waals surface area (Å²) in [5.74, 6) is -3.40. The Bertz CT molecular complexity index is 1760. The number of aromatic nitrogens is 4. The lowest BCUT2D eigenvalue weighted by molar-refractivity contribution is 0.103. The number of hydrogen-bond donors (Lipinski definition) is 2. The molecular formula is C25H19F2N5O3S. The number of nitrogens with one attached hydrogen (secondary N) is 2. The summed E-state index contributed by atoms with van der Waals surface area (Å²) in [5, 5.41) is 4.47. The summed E-state index contributed by atoms with van der Waals surface area (Å²) >= 11 is 0. The molecule has 0 aliphatic heterocycles. The van der Waals surface area contributed by atoms with Gasteiger partial charge in [-0.05, 0) is 42.8 Å². The Kier molecular flexibility index (Phi) is 5.64. The molecule has 11 heteroatoms. The van der Waals surface area contributed by atoms with Crippen molar-refractivity contribution in [1.82, 2.24) is 19.7 Å². The van der Waals surface area contributed by atoms with E-state index in [0.717, 1.165) is 17.7 Å². The van der Waals surface area contributed by atoms with Crippen molar-refractivity contribution >= 4 is 32.5 Å². The van der Waals surface area contributed by atoms with Gasteiger partial charge in [0, 0.05) is 47.7 Å². The van der Waals surface area contributed by atoms with Gasteiger partial charge in [0.2, 0.25) is 5.78 Å². The van der Waals surface area contributed by atoms with Crippen LogP contribution >= 0.6 is 0 Å². The van der Waals surface area contributed by atoms with E-state index in [1.807, 2.05) is 0 Å². The summed E-state index contributed by atoms with van der Waals surface area (Å²) in [6.07, 6.45) is 6.29. The molecule has 0 fully saturated rings. The maximum absolute atomic E-state index is 15.4. The average Bonchev–Trinajstić information content (AvgIpc) is 3.46. The van der Waals surface area contributed by atoms with Crippen LogP contribution in [-0.4, -0.2) is 33.9 Å². The van der Waals surface area contributed by atoms with E-state index in [9.17, 15) is 17.6 Å². The number of anilines is 1. The first-order valence-corrected chi connectivity index (χ1v) is 12.2. The smallest absolute Gasteiger partial charge is 0.261 e. The van der Waals surface area contributed by atoms with Gasteiger partial charge in [0.25, 0.3) is 10.0 Å². The van der Waals surface area contributed by atoms with E-state index in [1.165, 1.54) is 18.3 Å². The summed E-state index contributed by atoms with van der Waals surface area (Å²) in [7, 11) is -2.43. The van der Waals surface area contributed by atoms with Crippen molar-refractivity contribution in [3.63, 3.8) is 0 Å². The van der Waals surface area contributed by atoms with Gasteiger partial charge < -0.3 is 4.98 Å². The Morgan fingerprint density at radius 2 is 1.89 bits per heavy atom. The molecule has 2 aromatic carbocycles. The largest absolute Gasteiger partial charge is 0.345 e. The number of nitrogens with zero attached hydrogens (tertiary/aromatic N) is 3. The molecule has 0 aliphatic rings. The van der Waals surface area contributed by atoms with Crippen molar-refractivity contribution in [2.75, 3.05) is 4.72 Å². The number of hydrogen-bond acceptors (Lipinski definition) is 5. The van der Waals surface area contributed by atoms with Crippen LogP contribution in [0.25, 0.3) is 22.2 Å². The van der Waals surface area contributed by atoms with Crippen molar-refractivity contribution in [3.05, 3.63) is 95.6 Å². The number of aromatic amines is 1. The Labute approximate surface area is 204 Å². The SMILES string of the molecule is Cc1cccc(S(=O)(=O)Nc2ccc(F)c(C(=O)c3c[nH]c4ncc(-c5cnn(C)c5)cc34)c2F)c1. The molecule has 2 N–H and O–H groups in total. The van der Waals surface area contributed by atoms with Gasteiger partial charge in [0.1, 0.15) is 11.5 Å². The standard InChI is InChI=1S/C25H19F2N5O3S/c1-14-4-3-5-17(8-14)36(34,35)31-21-7-6-20(26)22(23(21)27)24(33)19-12-29-25-18(19)9-15(10-28-25)16-11-30-32(2)13-16/h3-13,31H,1-2H3,(H,28,29). The molecule has 3 heterocycles. The van der Waals surface area contributed by atoms with Crippen LogP contribution in [0.2, 0.25) is 0 Å². The van der Waals surface area contributed by atoms with Crippen LogP contribution in [0.1, 0.15) is 21.5 Å². The lowest BCUT2D eigenvalue weighted by Gasteiger charge is -2.12. The third-order valence-corrected chi connectivity index (χ3v) is 7.04. The zero-order valence-corrected chi connectivity index (χ0v) is 19.9. The summed E-state index contributed by atoms with van der Waals surface area (Å²) in [6, 6.07) is 9.47. The highest BCUT2D eigenvalue weighted by atomic mass is 32.2. The fraction of sp³-hybridized carbons (Fsp3) is 0.0800. The number of sulfonamides is 1. The van der Waals surface area contributed by atoms with Crippen LogP contribution < -0.4 is 4.72 Å². The number of fused-ring (bicyclic) bond motifs is 1. The normalized spacial score (nSPS) is 11.7. The van der Waals surface area contributed by atoms with Gasteiger partial charge >= 0.3 is 0 Å². The van der Waals surface area contributed by atoms with Crippen molar-refractivity contribution in [2.24, 2.45) is 7.05 Å². The highest BCUT2D eigenvalue weighted by Crippen LogP contribution is 2.30. The maximum atomic E-state index is 15.4. The molecule has 5 rings (SSSR count). The van der Waals surface area contributed by atoms with E-state index in [2.05, 4.69) is 19.8 Å². The molecule has 36 heavy (non-hydrogen) atoms. The molecule has 0 saturated carbocycles. The molecule has 0 amide bonds. The number of carbonyl (C=O) groups is 1. The number of carbonyl (C=O) groups excluding carboxylic acids is 1. The highest BCUT2D eigenvalue weighted by Gasteiger charge is 2.26. The Morgan fingerprint density at radius 1 is 1.08 bits per heavy atom. The van der Waals surface area contributed by atoms with Crippen LogP contribution in [0, 0.1) is 18.6 Å². The Morgan fingerprint density at radius 3 is 2.61 bits per heavy atom. The van der Waals surface area contributed by atoms with Gasteiger partial charge in [-0.15, -0.1) is 0 Å². The van der Waals surface area contributed by atoms with Crippen molar-refractivity contribution < 1.29 is 22.0 Å². The molecule has 0 saturated heterocycles. The Hall–Kier alpha value is -4.38. The monoisotopic (exact) mass is 507 g/mol. The van der Waals surface area contributed by atoms with Crippen LogP contribution in [0.4, 0.5) is 14.5 Å². The van der Waals surface area contributed by atoms with Crippen LogP contribution in [-0.2, 0) is 17.1 Å². The molecule has 0 unspecified atom stereocenters. The predicted molar refractivity (Wildman–Crippen MR) is 130 cm³/mol. The number of aryl methyl sites for hydroxylation is 2. The van der Waals surface area contributed by atoms with E-state index in [0.29, 0.717) is 22.2 Å². The fourth-order valence-corrected chi connectivity index (χ4v) is 5.04. The van der Waals surface area contributed by atoms with E-state index in [-0.39, 0.29) is 10.5 Å². The Balaban J connectivity index is 1.55. The third-order valence-electron chi connectivity index (χ3n) is 5.68. The second-order valence-corrected chi connectivity index (χ2v) is 9.94. The van der Waals surface area contributed by atoms with Gasteiger partial charge in [-0.2, -0.15) is 5.10 Å². The number of benzene rings is 2. The van der Waals surface area contributed by atoms with E-state index < -0.39 is 38.7 Å². The van der Waals surface area contributed by atoms with Crippen molar-refractivity contribution in [1.29, 1.82) is 0 Å². The first kappa shape index (κ1) is 23.4. The van der Waals surface area contributed by atoms with Crippen molar-refractivity contribution in [2.45, 2.75) is 11.8 Å². The number of H-pyrrole nitrogens is 1. The molecule has 5 aromatic rings. The molecule has 8 nitrogen and oxygen atoms in total. The minimum absolute atomic E-state index is 0.0141. The molecule has 0 aliphatic carbocycles. The summed E-state index contributed by atoms with van der Waals surface area (Å²) < 4.78 is 59.4. The number of halogens is 2. The first-order chi connectivity index (χ1) is 17.1. The minimum Gasteiger partial charge on any atom is -0.345 e. The zero-order valence-electron chi connectivity index (χ0n) is 19.1. The van der Waals surface area contributed by atoms with Crippen LogP contribution in [0.3, 0.4) is 0 Å². The number of pyridine rings is 1. The van der Waals surface area contributed by atoms with Gasteiger partial charge in [-0.25, -0.2) is 22.2 Å². The number of ketones is 1. The van der Waals surface area contributed by atoms with Crippen LogP contribution in [0.5, 0.6) is 0 Å². The summed E-state index contributed by atoms with van der Waals surface area (Å²) in [5.41, 5.74) is 0.999. The fourth-order valence-electron chi connectivity index (χ4n) is 3.88. The molecule has 0 radical (unpaired) electrons. The molecule has 3 aromatic heterocycles. The summed E-state index contributed by atoms with van der Waals surface area (Å²) in [4.78, 5) is 20.4. The maximum Gasteiger partial charge on any atom is 0.261 e.